The summed E-state index contributed by atoms with van der Waals surface area (Å²) in [5, 5.41) is 21.2. The molecule has 0 amide bonds. The number of anilines is 1. The third kappa shape index (κ3) is 7.66. The highest BCUT2D eigenvalue weighted by Crippen LogP contribution is 2.25. The average molecular weight is 462 g/mol. The van der Waals surface area contributed by atoms with Crippen LogP contribution >= 0.6 is 34.8 Å². The van der Waals surface area contributed by atoms with Crippen LogP contribution in [0.1, 0.15) is 0 Å². The van der Waals surface area contributed by atoms with Crippen LogP contribution in [0.4, 0.5) is 5.69 Å². The molecule has 2 aromatic rings. The third-order valence-electron chi connectivity index (χ3n) is 4.13. The number of carbonyl (C=O) groups is 2. The van der Waals surface area contributed by atoms with E-state index >= 15 is 0 Å². The Morgan fingerprint density at radius 1 is 0.931 bits per heavy atom. The van der Waals surface area contributed by atoms with E-state index in [2.05, 4.69) is 15.3 Å². The molecule has 0 saturated carbocycles. The molecule has 2 aliphatic rings. The number of nitrogens with one attached hydrogen (secondary N) is 1. The molecule has 4 heterocycles. The number of pyridine rings is 2. The van der Waals surface area contributed by atoms with Crippen molar-refractivity contribution in [3.63, 3.8) is 0 Å². The highest BCUT2D eigenvalue weighted by atomic mass is 35.5. The predicted molar refractivity (Wildman–Crippen MR) is 111 cm³/mol. The summed E-state index contributed by atoms with van der Waals surface area (Å²) in [6.07, 6.45) is 3.18. The Hall–Kier alpha value is -2.13. The summed E-state index contributed by atoms with van der Waals surface area (Å²) >= 11 is 16.7. The number of halogens is 3. The first-order valence-electron chi connectivity index (χ1n) is 8.56. The lowest BCUT2D eigenvalue weighted by atomic mass is 10.00. The fourth-order valence-corrected chi connectivity index (χ4v) is 2.83. The standard InChI is InChI=1S/C9H9ClN2O2.C5H3Cl2N.C4H7NO2/c10-8-3-7(1-2-11-8)12-4-6(5-12)9(13)14;6-4-1-2-8-5(7)3-4;6-4(7)3-1-5-2-3/h1-3,6H,4-5H2,(H,13,14);1-3H;3,5H,1-2H2,(H,6,7). The van der Waals surface area contributed by atoms with Gasteiger partial charge in [0.05, 0.1) is 11.8 Å². The van der Waals surface area contributed by atoms with E-state index in [0.29, 0.717) is 41.5 Å². The Balaban J connectivity index is 0.000000170. The first kappa shape index (κ1) is 23.2. The fraction of sp³-hybridized carbons (Fsp3) is 0.333. The van der Waals surface area contributed by atoms with Crippen LogP contribution in [-0.2, 0) is 9.59 Å². The Bertz CT molecular complexity index is 828. The SMILES string of the molecule is Clc1ccnc(Cl)c1.O=C(O)C1CN(c2ccnc(Cl)c2)C1.O=C(O)C1CNC1. The van der Waals surface area contributed by atoms with Gasteiger partial charge in [-0.2, -0.15) is 0 Å². The van der Waals surface area contributed by atoms with Crippen molar-refractivity contribution in [3.8, 4) is 0 Å². The van der Waals surface area contributed by atoms with Crippen molar-refractivity contribution in [2.45, 2.75) is 0 Å². The highest BCUT2D eigenvalue weighted by molar-refractivity contribution is 6.33. The zero-order valence-electron chi connectivity index (χ0n) is 15.1. The lowest BCUT2D eigenvalue weighted by Crippen LogP contribution is -2.50. The quantitative estimate of drug-likeness (QED) is 0.598. The molecule has 29 heavy (non-hydrogen) atoms. The van der Waals surface area contributed by atoms with Crippen LogP contribution in [-0.4, -0.2) is 58.3 Å². The Kier molecular flexibility index (Phi) is 8.91. The van der Waals surface area contributed by atoms with Crippen LogP contribution in [0, 0.1) is 11.8 Å². The van der Waals surface area contributed by atoms with E-state index < -0.39 is 11.9 Å². The van der Waals surface area contributed by atoms with Gasteiger partial charge in [0.1, 0.15) is 10.3 Å². The number of carboxylic acid groups (broad SMARTS) is 2. The molecule has 2 aliphatic heterocycles. The molecule has 0 unspecified atom stereocenters. The molecule has 156 valence electrons. The van der Waals surface area contributed by atoms with Gasteiger partial charge in [0.2, 0.25) is 0 Å². The normalized spacial score (nSPS) is 15.6. The summed E-state index contributed by atoms with van der Waals surface area (Å²) in [5.41, 5.74) is 0.933. The minimum atomic E-state index is -0.735. The van der Waals surface area contributed by atoms with Crippen molar-refractivity contribution in [1.82, 2.24) is 15.3 Å². The van der Waals surface area contributed by atoms with E-state index in [0.717, 1.165) is 5.69 Å². The van der Waals surface area contributed by atoms with Crippen LogP contribution in [0.3, 0.4) is 0 Å². The molecule has 11 heteroatoms. The predicted octanol–water partition coefficient (Wildman–Crippen LogP) is 2.93. The second-order valence-electron chi connectivity index (χ2n) is 6.27. The largest absolute Gasteiger partial charge is 0.481 e. The van der Waals surface area contributed by atoms with Crippen molar-refractivity contribution < 1.29 is 19.8 Å². The molecule has 8 nitrogen and oxygen atoms in total. The Morgan fingerprint density at radius 2 is 1.48 bits per heavy atom. The number of aliphatic carboxylic acids is 2. The number of aromatic nitrogens is 2. The minimum absolute atomic E-state index is 0.111. The van der Waals surface area contributed by atoms with Crippen LogP contribution in [0.5, 0.6) is 0 Å². The van der Waals surface area contributed by atoms with Gasteiger partial charge in [-0.25, -0.2) is 9.97 Å². The zero-order chi connectivity index (χ0) is 21.4. The molecule has 0 atom stereocenters. The molecule has 0 bridgehead atoms. The van der Waals surface area contributed by atoms with Crippen LogP contribution in [0.15, 0.2) is 36.7 Å². The summed E-state index contributed by atoms with van der Waals surface area (Å²) in [4.78, 5) is 30.0. The summed E-state index contributed by atoms with van der Waals surface area (Å²) < 4.78 is 0. The minimum Gasteiger partial charge on any atom is -0.481 e. The molecular weight excluding hydrogens is 443 g/mol. The third-order valence-corrected chi connectivity index (χ3v) is 4.77. The maximum Gasteiger partial charge on any atom is 0.310 e. The highest BCUT2D eigenvalue weighted by Gasteiger charge is 2.32. The maximum absolute atomic E-state index is 10.6. The number of rotatable bonds is 3. The molecule has 4 rings (SSSR count). The topological polar surface area (TPSA) is 116 Å². The summed E-state index contributed by atoms with van der Waals surface area (Å²) in [6, 6.07) is 6.82. The summed E-state index contributed by atoms with van der Waals surface area (Å²) in [7, 11) is 0. The molecular formula is C18H19Cl3N4O4. The molecule has 2 aromatic heterocycles. The maximum atomic E-state index is 10.6. The van der Waals surface area contributed by atoms with Gasteiger partial charge < -0.3 is 20.4 Å². The van der Waals surface area contributed by atoms with E-state index in [1.165, 1.54) is 0 Å². The summed E-state index contributed by atoms with van der Waals surface area (Å²) in [6.45, 7) is 2.40. The molecule has 0 aromatic carbocycles. The number of hydrogen-bond donors (Lipinski definition) is 3. The van der Waals surface area contributed by atoms with Crippen molar-refractivity contribution in [2.75, 3.05) is 31.1 Å². The fourth-order valence-electron chi connectivity index (χ4n) is 2.28. The zero-order valence-corrected chi connectivity index (χ0v) is 17.4. The van der Waals surface area contributed by atoms with Crippen LogP contribution in [0.25, 0.3) is 0 Å². The van der Waals surface area contributed by atoms with Gasteiger partial charge in [0, 0.05) is 49.3 Å². The van der Waals surface area contributed by atoms with E-state index in [1.54, 1.807) is 30.6 Å². The van der Waals surface area contributed by atoms with Gasteiger partial charge in [0.25, 0.3) is 0 Å². The molecule has 0 spiro atoms. The van der Waals surface area contributed by atoms with Gasteiger partial charge in [-0.3, -0.25) is 9.59 Å². The van der Waals surface area contributed by atoms with Crippen molar-refractivity contribution in [3.05, 3.63) is 52.0 Å². The first-order chi connectivity index (χ1) is 13.8. The number of nitrogens with zero attached hydrogens (tertiary/aromatic N) is 3. The Morgan fingerprint density at radius 3 is 1.83 bits per heavy atom. The lowest BCUT2D eigenvalue weighted by Gasteiger charge is -2.38. The molecule has 3 N–H and O–H groups in total. The molecule has 2 saturated heterocycles. The molecule has 0 aliphatic carbocycles. The van der Waals surface area contributed by atoms with E-state index in [1.807, 2.05) is 11.0 Å². The van der Waals surface area contributed by atoms with E-state index in [-0.39, 0.29) is 11.8 Å². The molecule has 0 radical (unpaired) electrons. The van der Waals surface area contributed by atoms with Gasteiger partial charge in [0.15, 0.2) is 0 Å². The van der Waals surface area contributed by atoms with Gasteiger partial charge in [-0.15, -0.1) is 0 Å². The van der Waals surface area contributed by atoms with E-state index in [9.17, 15) is 9.59 Å². The van der Waals surface area contributed by atoms with Gasteiger partial charge in [-0.1, -0.05) is 34.8 Å². The van der Waals surface area contributed by atoms with Crippen molar-refractivity contribution >= 4 is 52.4 Å². The second-order valence-corrected chi connectivity index (χ2v) is 7.48. The number of carboxylic acids is 2. The Labute approximate surface area is 182 Å². The first-order valence-corrected chi connectivity index (χ1v) is 9.69. The monoisotopic (exact) mass is 460 g/mol. The van der Waals surface area contributed by atoms with Crippen molar-refractivity contribution in [1.29, 1.82) is 0 Å². The van der Waals surface area contributed by atoms with Crippen molar-refractivity contribution in [2.24, 2.45) is 11.8 Å². The second kappa shape index (κ2) is 11.2. The molecule has 2 fully saturated rings. The average Bonchev–Trinajstić information content (AvgIpc) is 2.52. The van der Waals surface area contributed by atoms with Crippen LogP contribution in [0.2, 0.25) is 15.3 Å². The van der Waals surface area contributed by atoms with Gasteiger partial charge >= 0.3 is 11.9 Å². The van der Waals surface area contributed by atoms with E-state index in [4.69, 9.17) is 45.0 Å². The summed E-state index contributed by atoms with van der Waals surface area (Å²) in [5.74, 6) is -1.78. The van der Waals surface area contributed by atoms with Crippen LogP contribution < -0.4 is 10.2 Å². The lowest BCUT2D eigenvalue weighted by molar-refractivity contribution is -0.143. The smallest absolute Gasteiger partial charge is 0.310 e. The number of hydrogen-bond acceptors (Lipinski definition) is 6. The van der Waals surface area contributed by atoms with Gasteiger partial charge in [-0.05, 0) is 24.3 Å².